The van der Waals surface area contributed by atoms with E-state index >= 15 is 0 Å². The van der Waals surface area contributed by atoms with Crippen molar-refractivity contribution in [3.63, 3.8) is 0 Å². The third-order valence-electron chi connectivity index (χ3n) is 14.2. The lowest BCUT2D eigenvalue weighted by Crippen LogP contribution is -2.53. The van der Waals surface area contributed by atoms with Gasteiger partial charge in [-0.25, -0.2) is 34.1 Å². The summed E-state index contributed by atoms with van der Waals surface area (Å²) in [4.78, 5) is 110. The Hall–Kier alpha value is -10.1. The van der Waals surface area contributed by atoms with Crippen LogP contribution in [0.4, 0.5) is 74.5 Å². The van der Waals surface area contributed by atoms with Crippen molar-refractivity contribution in [3.05, 3.63) is 113 Å². The molecule has 0 saturated carbocycles. The van der Waals surface area contributed by atoms with Crippen LogP contribution in [0.3, 0.4) is 0 Å². The van der Waals surface area contributed by atoms with Crippen molar-refractivity contribution < 1.29 is 91.0 Å². The van der Waals surface area contributed by atoms with Gasteiger partial charge in [-0.1, -0.05) is 11.6 Å². The molecule has 2 aliphatic rings. The Bertz CT molecular complexity index is 3970. The maximum atomic E-state index is 14.2. The number of likely N-dealkylation sites (tertiary alicyclic amines) is 1. The third kappa shape index (κ3) is 15.8. The normalized spacial score (nSPS) is 14.3. The molecule has 2 saturated heterocycles. The molecule has 0 atom stereocenters. The van der Waals surface area contributed by atoms with Gasteiger partial charge in [0.15, 0.2) is 34.7 Å². The van der Waals surface area contributed by atoms with E-state index in [1.807, 2.05) is 0 Å². The molecule has 1 aromatic carbocycles. The number of aromatic amines is 1. The fraction of sp³-hybridized carbons (Fsp3) is 0.364. The van der Waals surface area contributed by atoms with Gasteiger partial charge in [0.2, 0.25) is 5.91 Å². The fourth-order valence-electron chi connectivity index (χ4n) is 9.43. The molecule has 0 aliphatic carbocycles. The lowest BCUT2D eigenvalue weighted by atomic mass is 9.95. The molecule has 7 amide bonds. The van der Waals surface area contributed by atoms with Gasteiger partial charge in [0.05, 0.1) is 69.3 Å². The van der Waals surface area contributed by atoms with Crippen LogP contribution in [0, 0.1) is 5.92 Å². The zero-order valence-electron chi connectivity index (χ0n) is 49.3. The number of piperidine rings is 1. The van der Waals surface area contributed by atoms with Crippen molar-refractivity contribution in [2.45, 2.75) is 63.9 Å². The van der Waals surface area contributed by atoms with Crippen molar-refractivity contribution in [1.29, 1.82) is 0 Å². The van der Waals surface area contributed by atoms with E-state index in [2.05, 4.69) is 40.4 Å². The second-order valence-electron chi connectivity index (χ2n) is 21.7. The number of nitrogens with two attached hydrogens (primary N) is 1. The summed E-state index contributed by atoms with van der Waals surface area (Å²) in [6.07, 6.45) is -14.0. The highest BCUT2D eigenvalue weighted by atomic mass is 35.5. The molecule has 0 spiro atoms. The van der Waals surface area contributed by atoms with Crippen LogP contribution < -0.4 is 20.9 Å². The zero-order valence-corrected chi connectivity index (χ0v) is 50.0. The Kier molecular flexibility index (Phi) is 19.4. The van der Waals surface area contributed by atoms with E-state index in [4.69, 9.17) is 22.1 Å². The van der Waals surface area contributed by atoms with E-state index in [9.17, 15) is 86.2 Å². The number of piperazine rings is 1. The molecule has 38 heteroatoms. The molecule has 6 aromatic heterocycles. The maximum absolute atomic E-state index is 14.2. The largest absolute Gasteiger partial charge is 0.471 e. The first-order valence-electron chi connectivity index (χ1n) is 27.2. The van der Waals surface area contributed by atoms with Crippen molar-refractivity contribution in [3.8, 4) is 34.2 Å². The number of hydrogen-bond donors (Lipinski definition) is 3. The van der Waals surface area contributed by atoms with Gasteiger partial charge in [-0.3, -0.25) is 28.8 Å². The van der Waals surface area contributed by atoms with Crippen LogP contribution in [0.5, 0.6) is 0 Å². The maximum Gasteiger partial charge on any atom is 0.471 e. The minimum atomic E-state index is -5.17. The average Bonchev–Trinajstić information content (AvgIpc) is 1.64. The number of nitrogens with one attached hydrogen (secondary N) is 2. The third-order valence-corrected chi connectivity index (χ3v) is 14.5. The number of hydrogen-bond acceptors (Lipinski definition) is 14. The van der Waals surface area contributed by atoms with Crippen LogP contribution in [0.25, 0.3) is 34.2 Å². The number of H-pyrrole nitrogens is 1. The molecule has 2 fully saturated rings. The van der Waals surface area contributed by atoms with Gasteiger partial charge in [-0.2, -0.15) is 62.9 Å². The fourth-order valence-corrected chi connectivity index (χ4v) is 9.69. The Labute approximate surface area is 522 Å². The minimum Gasteiger partial charge on any atom is -0.444 e. The summed E-state index contributed by atoms with van der Waals surface area (Å²) >= 11 is 6.50. The molecule has 93 heavy (non-hydrogen) atoms. The first-order chi connectivity index (χ1) is 43.2. The van der Waals surface area contributed by atoms with Crippen LogP contribution in [0.2, 0.25) is 5.02 Å². The van der Waals surface area contributed by atoms with E-state index < -0.39 is 88.5 Å². The molecular formula is C55H52ClF12N17O8. The number of aromatic nitrogens is 10. The molecule has 0 unspecified atom stereocenters. The molecule has 0 radical (unpaired) electrons. The SMILES string of the molecule is CN(C(=O)C(F)(F)F)c1ccc(-n2cc(-c3cnc(C(=O)Nc4ccc(C(=O)N5CCN(C(=O)C6CCN(C(=O)OC(C)(C)C)CC6)CC5)c(Cl)c4)n3C)c(C(F)(F)F)n2)nc1.CN(C(=O)C(F)(F)F)c1ccc(-n2cc(-c3cnc(C(N)=O)[nH]3)c(C(F)(F)F)n2)nc1. The Morgan fingerprint density at radius 2 is 1.15 bits per heavy atom. The Morgan fingerprint density at radius 1 is 0.645 bits per heavy atom. The second-order valence-corrected chi connectivity index (χ2v) is 22.1. The number of pyridine rings is 2. The smallest absolute Gasteiger partial charge is 0.444 e. The lowest BCUT2D eigenvalue weighted by molar-refractivity contribution is -0.170. The van der Waals surface area contributed by atoms with Gasteiger partial charge in [0, 0.05) is 84.4 Å². The highest BCUT2D eigenvalue weighted by Crippen LogP contribution is 2.39. The Balaban J connectivity index is 0.000000299. The van der Waals surface area contributed by atoms with Gasteiger partial charge >= 0.3 is 42.6 Å². The number of halogens is 13. The first kappa shape index (κ1) is 68.8. The van der Waals surface area contributed by atoms with Crippen LogP contribution in [-0.2, 0) is 38.5 Å². The molecular weight excluding hydrogens is 1290 g/mol. The topological polar surface area (TPSA) is 291 Å². The molecule has 9 rings (SSSR count). The van der Waals surface area contributed by atoms with Gasteiger partial charge < -0.3 is 49.8 Å². The summed E-state index contributed by atoms with van der Waals surface area (Å²) in [7, 11) is 3.03. The number of nitrogens with zero attached hydrogens (tertiary/aromatic N) is 14. The zero-order chi connectivity index (χ0) is 68.6. The van der Waals surface area contributed by atoms with Gasteiger partial charge in [-0.15, -0.1) is 0 Å². The average molecular weight is 1340 g/mol. The number of rotatable bonds is 11. The van der Waals surface area contributed by atoms with E-state index in [1.165, 1.54) is 25.2 Å². The number of benzene rings is 1. The van der Waals surface area contributed by atoms with E-state index in [0.717, 1.165) is 89.5 Å². The van der Waals surface area contributed by atoms with Crippen LogP contribution >= 0.6 is 11.6 Å². The number of alkyl halides is 12. The molecule has 0 bridgehead atoms. The van der Waals surface area contributed by atoms with Crippen molar-refractivity contribution in [2.24, 2.45) is 18.7 Å². The highest BCUT2D eigenvalue weighted by Gasteiger charge is 2.44. The number of anilines is 3. The van der Waals surface area contributed by atoms with E-state index in [-0.39, 0.29) is 92.1 Å². The van der Waals surface area contributed by atoms with Crippen LogP contribution in [-0.4, -0.2) is 177 Å². The van der Waals surface area contributed by atoms with Crippen LogP contribution in [0.1, 0.15) is 76.6 Å². The van der Waals surface area contributed by atoms with Crippen molar-refractivity contribution in [2.75, 3.05) is 68.5 Å². The molecule has 4 N–H and O–H groups in total. The van der Waals surface area contributed by atoms with Gasteiger partial charge in [0.1, 0.15) is 5.60 Å². The number of carbonyl (C=O) groups is 7. The molecule has 25 nitrogen and oxygen atoms in total. The summed E-state index contributed by atoms with van der Waals surface area (Å²) in [5.74, 6) is -7.89. The molecule has 2 aliphatic heterocycles. The number of imidazole rings is 2. The van der Waals surface area contributed by atoms with E-state index in [0.29, 0.717) is 43.9 Å². The number of amides is 7. The highest BCUT2D eigenvalue weighted by molar-refractivity contribution is 6.34. The lowest BCUT2D eigenvalue weighted by Gasteiger charge is -2.38. The number of ether oxygens (including phenoxy) is 1. The monoisotopic (exact) mass is 1340 g/mol. The summed E-state index contributed by atoms with van der Waals surface area (Å²) in [5, 5.41) is 9.61. The minimum absolute atomic E-state index is 0.00561. The van der Waals surface area contributed by atoms with E-state index in [1.54, 1.807) is 35.5 Å². The number of primary amides is 1. The predicted molar refractivity (Wildman–Crippen MR) is 302 cm³/mol. The first-order valence-corrected chi connectivity index (χ1v) is 27.6. The molecule has 8 heterocycles. The van der Waals surface area contributed by atoms with Gasteiger partial charge in [-0.05, 0) is 76.1 Å². The summed E-state index contributed by atoms with van der Waals surface area (Å²) in [6.45, 7) is 7.29. The summed E-state index contributed by atoms with van der Waals surface area (Å²) in [6, 6.07) is 8.43. The second kappa shape index (κ2) is 26.2. The summed E-state index contributed by atoms with van der Waals surface area (Å²) in [5.41, 5.74) is 0.128. The Morgan fingerprint density at radius 3 is 1.60 bits per heavy atom. The molecule has 7 aromatic rings. The van der Waals surface area contributed by atoms with Crippen molar-refractivity contribution in [1.82, 2.24) is 63.7 Å². The molecule has 496 valence electrons. The van der Waals surface area contributed by atoms with Gasteiger partial charge in [0.25, 0.3) is 17.7 Å². The number of carbonyl (C=O) groups excluding carboxylic acids is 7. The standard InChI is InChI=1S/C39H41ClF6N10O6.C16H11F6N7O2/c1-37(2,3)62-36(61)55-12-10-22(11-13-55)33(58)53-14-16-54(17-15-53)34(59)25-8-6-23(18-27(25)40)49-32(57)31-48-20-28(52(31)5)26-21-56(50-30(26)38(41,42)43)29-9-7-24(19-47-29)51(4)35(60)39(44,45)46;1-28(14(31)16(20,21)22)7-2-3-10(24-4-7)29-6-8(11(27-29)15(17,18)19)9-5-25-13(26-9)12(23)30/h6-9,18-22H,10-17H2,1-5H3,(H,49,57);2-6H,1H3,(H2,23,30)(H,25,26). The van der Waals surface area contributed by atoms with Crippen LogP contribution in [0.15, 0.2) is 79.6 Å². The quantitative estimate of drug-likeness (QED) is 0.103. The van der Waals surface area contributed by atoms with Crippen molar-refractivity contribution >= 4 is 70.2 Å². The predicted octanol–water partition coefficient (Wildman–Crippen LogP) is 8.35. The summed E-state index contributed by atoms with van der Waals surface area (Å²) < 4.78 is 167.